The van der Waals surface area contributed by atoms with E-state index in [1.165, 1.54) is 0 Å². The monoisotopic (exact) mass is 248 g/mol. The van der Waals surface area contributed by atoms with Crippen molar-refractivity contribution in [3.8, 4) is 5.75 Å². The number of carboxylic acid groups (broad SMARTS) is 1. The predicted molar refractivity (Wildman–Crippen MR) is 65.9 cm³/mol. The second kappa shape index (κ2) is 5.21. The van der Waals surface area contributed by atoms with E-state index in [1.807, 2.05) is 0 Å². The summed E-state index contributed by atoms with van der Waals surface area (Å²) in [6, 6.07) is 6.62. The first-order chi connectivity index (χ1) is 8.66. The predicted octanol–water partition coefficient (Wildman–Crippen LogP) is 2.67. The minimum Gasteiger partial charge on any atom is -0.478 e. The lowest BCUT2D eigenvalue weighted by Crippen LogP contribution is -2.46. The van der Waals surface area contributed by atoms with Gasteiger partial charge in [-0.15, -0.1) is 0 Å². The van der Waals surface area contributed by atoms with Crippen molar-refractivity contribution in [2.45, 2.75) is 37.7 Å². The van der Waals surface area contributed by atoms with Crippen molar-refractivity contribution in [3.05, 3.63) is 29.8 Å². The molecule has 0 spiro atoms. The summed E-state index contributed by atoms with van der Waals surface area (Å²) in [6.07, 6.45) is 4.54. The van der Waals surface area contributed by atoms with Crippen LogP contribution in [0.5, 0.6) is 5.75 Å². The maximum absolute atomic E-state index is 11.4. The second-order valence-electron chi connectivity index (χ2n) is 4.65. The molecular formula is C14H16O4. The van der Waals surface area contributed by atoms with E-state index in [9.17, 15) is 14.7 Å². The Morgan fingerprint density at radius 2 is 2.00 bits per heavy atom. The number of rotatable bonds is 4. The zero-order chi connectivity index (χ0) is 13.0. The average Bonchev–Trinajstić information content (AvgIpc) is 2.40. The molecule has 0 unspecified atom stereocenters. The molecule has 96 valence electrons. The number of hydrogen-bond acceptors (Lipinski definition) is 3. The van der Waals surface area contributed by atoms with Gasteiger partial charge in [-0.05, 0) is 37.8 Å². The molecule has 4 heteroatoms. The van der Waals surface area contributed by atoms with Crippen LogP contribution in [0, 0.1) is 0 Å². The lowest BCUT2D eigenvalue weighted by Gasteiger charge is -2.33. The van der Waals surface area contributed by atoms with Gasteiger partial charge in [0.1, 0.15) is 12.0 Å². The molecule has 0 aliphatic heterocycles. The Labute approximate surface area is 106 Å². The first-order valence-corrected chi connectivity index (χ1v) is 6.14. The van der Waals surface area contributed by atoms with Gasteiger partial charge in [-0.3, -0.25) is 4.79 Å². The molecule has 1 aromatic carbocycles. The van der Waals surface area contributed by atoms with Crippen LogP contribution < -0.4 is 4.74 Å². The van der Waals surface area contributed by atoms with E-state index in [0.717, 1.165) is 25.5 Å². The van der Waals surface area contributed by atoms with Crippen LogP contribution >= 0.6 is 0 Å². The molecule has 0 saturated heterocycles. The number of aldehydes is 1. The summed E-state index contributed by atoms with van der Waals surface area (Å²) in [5.74, 6) is -0.470. The van der Waals surface area contributed by atoms with E-state index in [-0.39, 0.29) is 0 Å². The smallest absolute Gasteiger partial charge is 0.348 e. The zero-order valence-corrected chi connectivity index (χ0v) is 10.1. The number of ether oxygens (including phenoxy) is 1. The molecule has 0 aromatic heterocycles. The van der Waals surface area contributed by atoms with Gasteiger partial charge in [-0.25, -0.2) is 4.79 Å². The fraction of sp³-hybridized carbons (Fsp3) is 0.429. The highest BCUT2D eigenvalue weighted by atomic mass is 16.5. The number of hydrogen-bond donors (Lipinski definition) is 1. The van der Waals surface area contributed by atoms with Crippen molar-refractivity contribution in [2.75, 3.05) is 0 Å². The van der Waals surface area contributed by atoms with Gasteiger partial charge in [0.25, 0.3) is 0 Å². The lowest BCUT2D eigenvalue weighted by molar-refractivity contribution is -0.158. The minimum atomic E-state index is -1.13. The lowest BCUT2D eigenvalue weighted by atomic mass is 9.84. The molecule has 0 atom stereocenters. The fourth-order valence-electron chi connectivity index (χ4n) is 2.36. The van der Waals surface area contributed by atoms with E-state index >= 15 is 0 Å². The normalized spacial score (nSPS) is 18.0. The molecule has 0 radical (unpaired) electrons. The van der Waals surface area contributed by atoms with Crippen molar-refractivity contribution in [1.29, 1.82) is 0 Å². The summed E-state index contributed by atoms with van der Waals surface area (Å²) in [5.41, 5.74) is -0.636. The maximum atomic E-state index is 11.4. The zero-order valence-electron chi connectivity index (χ0n) is 10.1. The Kier molecular flexibility index (Phi) is 3.65. The summed E-state index contributed by atoms with van der Waals surface area (Å²) in [6.45, 7) is 0. The van der Waals surface area contributed by atoms with E-state index in [4.69, 9.17) is 4.74 Å². The summed E-state index contributed by atoms with van der Waals surface area (Å²) in [5, 5.41) is 9.38. The summed E-state index contributed by atoms with van der Waals surface area (Å²) in [4.78, 5) is 22.1. The number of aliphatic carboxylic acids is 1. The van der Waals surface area contributed by atoms with Crippen molar-refractivity contribution in [2.24, 2.45) is 0 Å². The van der Waals surface area contributed by atoms with Crippen molar-refractivity contribution < 1.29 is 19.4 Å². The first kappa shape index (κ1) is 12.6. The molecule has 4 nitrogen and oxygen atoms in total. The van der Waals surface area contributed by atoms with Gasteiger partial charge >= 0.3 is 5.97 Å². The van der Waals surface area contributed by atoms with Gasteiger partial charge in [0.05, 0.1) is 0 Å². The number of carbonyl (C=O) groups excluding carboxylic acids is 1. The molecule has 1 aliphatic carbocycles. The quantitative estimate of drug-likeness (QED) is 0.832. The summed E-state index contributed by atoms with van der Waals surface area (Å²) < 4.78 is 5.69. The Bertz CT molecular complexity index is 447. The van der Waals surface area contributed by atoms with Crippen LogP contribution in [-0.4, -0.2) is 23.0 Å². The minimum absolute atomic E-state index is 0.448. The highest BCUT2D eigenvalue weighted by Crippen LogP contribution is 2.33. The van der Waals surface area contributed by atoms with Crippen molar-refractivity contribution in [1.82, 2.24) is 0 Å². The molecule has 18 heavy (non-hydrogen) atoms. The Morgan fingerprint density at radius 1 is 1.28 bits per heavy atom. The Hall–Kier alpha value is -1.84. The topological polar surface area (TPSA) is 63.6 Å². The molecule has 1 fully saturated rings. The third-order valence-corrected chi connectivity index (χ3v) is 3.36. The molecule has 2 rings (SSSR count). The molecule has 1 saturated carbocycles. The largest absolute Gasteiger partial charge is 0.478 e. The van der Waals surface area contributed by atoms with Gasteiger partial charge in [0, 0.05) is 5.56 Å². The Morgan fingerprint density at radius 3 is 2.61 bits per heavy atom. The fourth-order valence-corrected chi connectivity index (χ4v) is 2.36. The van der Waals surface area contributed by atoms with Crippen LogP contribution in [-0.2, 0) is 4.79 Å². The van der Waals surface area contributed by atoms with Crippen LogP contribution in [0.25, 0.3) is 0 Å². The van der Waals surface area contributed by atoms with Crippen LogP contribution in [0.4, 0.5) is 0 Å². The van der Waals surface area contributed by atoms with E-state index < -0.39 is 11.6 Å². The molecule has 1 N–H and O–H groups in total. The van der Waals surface area contributed by atoms with Gasteiger partial charge in [0.15, 0.2) is 0 Å². The summed E-state index contributed by atoms with van der Waals surface area (Å²) >= 11 is 0. The van der Waals surface area contributed by atoms with E-state index in [2.05, 4.69) is 0 Å². The van der Waals surface area contributed by atoms with E-state index in [1.54, 1.807) is 24.3 Å². The number of benzene rings is 1. The standard InChI is InChI=1S/C14H16O4/c15-10-11-5-4-6-12(9-11)18-14(13(16)17)7-2-1-3-8-14/h4-6,9-10H,1-3,7-8H2,(H,16,17). The van der Waals surface area contributed by atoms with Crippen molar-refractivity contribution >= 4 is 12.3 Å². The molecular weight excluding hydrogens is 232 g/mol. The first-order valence-electron chi connectivity index (χ1n) is 6.14. The summed E-state index contributed by atoms with van der Waals surface area (Å²) in [7, 11) is 0. The van der Waals surface area contributed by atoms with Crippen LogP contribution in [0.1, 0.15) is 42.5 Å². The highest BCUT2D eigenvalue weighted by Gasteiger charge is 2.42. The number of carboxylic acids is 1. The van der Waals surface area contributed by atoms with E-state index in [0.29, 0.717) is 24.2 Å². The molecule has 1 aromatic rings. The third-order valence-electron chi connectivity index (χ3n) is 3.36. The van der Waals surface area contributed by atoms with Gasteiger partial charge in [0.2, 0.25) is 5.60 Å². The van der Waals surface area contributed by atoms with Crippen LogP contribution in [0.3, 0.4) is 0 Å². The molecule has 0 amide bonds. The molecule has 1 aliphatic rings. The average molecular weight is 248 g/mol. The van der Waals surface area contributed by atoms with Gasteiger partial charge in [-0.2, -0.15) is 0 Å². The number of carbonyl (C=O) groups is 2. The van der Waals surface area contributed by atoms with Crippen LogP contribution in [0.2, 0.25) is 0 Å². The molecule has 0 heterocycles. The van der Waals surface area contributed by atoms with Gasteiger partial charge in [-0.1, -0.05) is 18.6 Å². The van der Waals surface area contributed by atoms with Crippen molar-refractivity contribution in [3.63, 3.8) is 0 Å². The molecule has 0 bridgehead atoms. The maximum Gasteiger partial charge on any atom is 0.348 e. The second-order valence-corrected chi connectivity index (χ2v) is 4.65. The van der Waals surface area contributed by atoms with Crippen LogP contribution in [0.15, 0.2) is 24.3 Å². The Balaban J connectivity index is 2.22. The highest BCUT2D eigenvalue weighted by molar-refractivity contribution is 5.78. The SMILES string of the molecule is O=Cc1cccc(OC2(C(=O)O)CCCCC2)c1. The third kappa shape index (κ3) is 2.53. The van der Waals surface area contributed by atoms with Gasteiger partial charge < -0.3 is 9.84 Å².